The molecule has 0 spiro atoms. The monoisotopic (exact) mass is 296 g/mol. The van der Waals surface area contributed by atoms with Gasteiger partial charge in [-0.15, -0.1) is 0 Å². The number of halogens is 2. The Kier molecular flexibility index (Phi) is 3.86. The first-order valence-electron chi connectivity index (χ1n) is 4.87. The Bertz CT molecular complexity index is 471. The lowest BCUT2D eigenvalue weighted by Gasteiger charge is -2.06. The van der Waals surface area contributed by atoms with E-state index < -0.39 is 0 Å². The normalized spacial score (nSPS) is 10.1. The molecule has 0 N–H and O–H groups in total. The molecule has 0 saturated heterocycles. The largest absolute Gasteiger partial charge is 0.489 e. The van der Waals surface area contributed by atoms with Gasteiger partial charge in [0, 0.05) is 4.47 Å². The van der Waals surface area contributed by atoms with Gasteiger partial charge in [0.2, 0.25) is 0 Å². The summed E-state index contributed by atoms with van der Waals surface area (Å²) in [6.07, 6.45) is 0. The van der Waals surface area contributed by atoms with Crippen LogP contribution in [-0.4, -0.2) is 0 Å². The van der Waals surface area contributed by atoms with Gasteiger partial charge in [-0.3, -0.25) is 0 Å². The van der Waals surface area contributed by atoms with Crippen LogP contribution in [0.1, 0.15) is 5.56 Å². The van der Waals surface area contributed by atoms with E-state index in [1.807, 2.05) is 48.5 Å². The third kappa shape index (κ3) is 3.00. The van der Waals surface area contributed by atoms with Crippen molar-refractivity contribution in [3.05, 3.63) is 63.6 Å². The molecule has 0 bridgehead atoms. The van der Waals surface area contributed by atoms with Crippen LogP contribution in [0.15, 0.2) is 53.0 Å². The fourth-order valence-corrected chi connectivity index (χ4v) is 1.86. The summed E-state index contributed by atoms with van der Waals surface area (Å²) >= 11 is 9.29. The molecule has 0 aromatic heterocycles. The highest BCUT2D eigenvalue weighted by atomic mass is 79.9. The minimum absolute atomic E-state index is 0.541. The smallest absolute Gasteiger partial charge is 0.119 e. The highest BCUT2D eigenvalue weighted by Crippen LogP contribution is 2.23. The number of hydrogen-bond acceptors (Lipinski definition) is 1. The van der Waals surface area contributed by atoms with Crippen molar-refractivity contribution in [2.24, 2.45) is 0 Å². The molecule has 0 unspecified atom stereocenters. The third-order valence-corrected chi connectivity index (χ3v) is 3.35. The molecule has 0 saturated carbocycles. The summed E-state index contributed by atoms with van der Waals surface area (Å²) in [6.45, 7) is 0.541. The lowest BCUT2D eigenvalue weighted by atomic mass is 10.2. The first-order valence-corrected chi connectivity index (χ1v) is 6.04. The highest BCUT2D eigenvalue weighted by Gasteiger charge is 1.99. The fourth-order valence-electron chi connectivity index (χ4n) is 1.31. The Labute approximate surface area is 108 Å². The molecule has 0 aliphatic carbocycles. The van der Waals surface area contributed by atoms with Gasteiger partial charge in [-0.25, -0.2) is 0 Å². The molecule has 2 aromatic rings. The van der Waals surface area contributed by atoms with Crippen LogP contribution >= 0.6 is 27.5 Å². The average molecular weight is 298 g/mol. The topological polar surface area (TPSA) is 9.23 Å². The van der Waals surface area contributed by atoms with E-state index in [-0.39, 0.29) is 0 Å². The lowest BCUT2D eigenvalue weighted by molar-refractivity contribution is 0.306. The van der Waals surface area contributed by atoms with E-state index in [4.69, 9.17) is 16.3 Å². The number of rotatable bonds is 3. The van der Waals surface area contributed by atoms with Crippen LogP contribution in [0.4, 0.5) is 0 Å². The maximum atomic E-state index is 5.91. The standard InChI is InChI=1S/C13H10BrClO/c14-12-8-10(6-7-13(12)15)9-16-11-4-2-1-3-5-11/h1-8H,9H2. The molecule has 2 rings (SSSR count). The van der Waals surface area contributed by atoms with Crippen LogP contribution in [0.2, 0.25) is 5.02 Å². The molecule has 0 heterocycles. The second kappa shape index (κ2) is 5.37. The third-order valence-electron chi connectivity index (χ3n) is 2.13. The number of ether oxygens (including phenoxy) is 1. The van der Waals surface area contributed by atoms with Crippen LogP contribution < -0.4 is 4.74 Å². The van der Waals surface area contributed by atoms with Gasteiger partial charge in [0.05, 0.1) is 5.02 Å². The lowest BCUT2D eigenvalue weighted by Crippen LogP contribution is -1.94. The molecule has 3 heteroatoms. The predicted molar refractivity (Wildman–Crippen MR) is 69.9 cm³/mol. The van der Waals surface area contributed by atoms with E-state index >= 15 is 0 Å². The first kappa shape index (κ1) is 11.5. The molecule has 0 fully saturated rings. The number of benzene rings is 2. The molecule has 0 atom stereocenters. The molecule has 0 aliphatic rings. The molecular weight excluding hydrogens is 287 g/mol. The highest BCUT2D eigenvalue weighted by molar-refractivity contribution is 9.10. The summed E-state index contributed by atoms with van der Waals surface area (Å²) in [7, 11) is 0. The maximum absolute atomic E-state index is 5.91. The first-order chi connectivity index (χ1) is 7.75. The maximum Gasteiger partial charge on any atom is 0.119 e. The summed E-state index contributed by atoms with van der Waals surface area (Å²) in [5.41, 5.74) is 1.08. The number of hydrogen-bond donors (Lipinski definition) is 0. The van der Waals surface area contributed by atoms with Gasteiger partial charge in [-0.05, 0) is 45.8 Å². The Morgan fingerprint density at radius 2 is 1.81 bits per heavy atom. The van der Waals surface area contributed by atoms with E-state index in [9.17, 15) is 0 Å². The van der Waals surface area contributed by atoms with Gasteiger partial charge >= 0.3 is 0 Å². The van der Waals surface area contributed by atoms with Gasteiger partial charge in [0.15, 0.2) is 0 Å². The zero-order chi connectivity index (χ0) is 11.4. The van der Waals surface area contributed by atoms with Gasteiger partial charge < -0.3 is 4.74 Å². The van der Waals surface area contributed by atoms with E-state index in [1.165, 1.54) is 0 Å². The molecule has 82 valence electrons. The van der Waals surface area contributed by atoms with Crippen LogP contribution in [0.25, 0.3) is 0 Å². The summed E-state index contributed by atoms with van der Waals surface area (Å²) in [5, 5.41) is 0.712. The zero-order valence-electron chi connectivity index (χ0n) is 8.49. The van der Waals surface area contributed by atoms with Gasteiger partial charge in [-0.2, -0.15) is 0 Å². The second-order valence-electron chi connectivity index (χ2n) is 3.35. The molecule has 0 radical (unpaired) electrons. The fraction of sp³-hybridized carbons (Fsp3) is 0.0769. The van der Waals surface area contributed by atoms with Crippen molar-refractivity contribution in [1.29, 1.82) is 0 Å². The Balaban J connectivity index is 2.03. The summed E-state index contributed by atoms with van der Waals surface area (Å²) in [4.78, 5) is 0. The molecule has 2 aromatic carbocycles. The van der Waals surface area contributed by atoms with E-state index in [0.29, 0.717) is 11.6 Å². The average Bonchev–Trinajstić information content (AvgIpc) is 2.32. The Morgan fingerprint density at radius 3 is 2.50 bits per heavy atom. The van der Waals surface area contributed by atoms with Gasteiger partial charge in [0.25, 0.3) is 0 Å². The van der Waals surface area contributed by atoms with E-state index in [1.54, 1.807) is 0 Å². The summed E-state index contributed by atoms with van der Waals surface area (Å²) < 4.78 is 6.51. The minimum Gasteiger partial charge on any atom is -0.489 e. The van der Waals surface area contributed by atoms with Crippen molar-refractivity contribution in [3.8, 4) is 5.75 Å². The zero-order valence-corrected chi connectivity index (χ0v) is 10.8. The molecule has 1 nitrogen and oxygen atoms in total. The predicted octanol–water partition coefficient (Wildman–Crippen LogP) is 4.68. The Hall–Kier alpha value is -0.990. The van der Waals surface area contributed by atoms with Crippen LogP contribution in [0, 0.1) is 0 Å². The van der Waals surface area contributed by atoms with E-state index in [0.717, 1.165) is 15.8 Å². The molecular formula is C13H10BrClO. The Morgan fingerprint density at radius 1 is 1.06 bits per heavy atom. The van der Waals surface area contributed by atoms with Crippen LogP contribution in [-0.2, 0) is 6.61 Å². The summed E-state index contributed by atoms with van der Waals surface area (Å²) in [6, 6.07) is 15.5. The molecule has 0 amide bonds. The van der Waals surface area contributed by atoms with Crippen molar-refractivity contribution < 1.29 is 4.74 Å². The van der Waals surface area contributed by atoms with Crippen molar-refractivity contribution in [3.63, 3.8) is 0 Å². The van der Waals surface area contributed by atoms with Crippen molar-refractivity contribution in [1.82, 2.24) is 0 Å². The minimum atomic E-state index is 0.541. The van der Waals surface area contributed by atoms with Crippen molar-refractivity contribution in [2.45, 2.75) is 6.61 Å². The molecule has 0 aliphatic heterocycles. The SMILES string of the molecule is Clc1ccc(COc2ccccc2)cc1Br. The van der Waals surface area contributed by atoms with Gasteiger partial charge in [-0.1, -0.05) is 35.9 Å². The van der Waals surface area contributed by atoms with E-state index in [2.05, 4.69) is 15.9 Å². The number of para-hydroxylation sites is 1. The quantitative estimate of drug-likeness (QED) is 0.799. The van der Waals surface area contributed by atoms with Crippen molar-refractivity contribution >= 4 is 27.5 Å². The van der Waals surface area contributed by atoms with Crippen LogP contribution in [0.5, 0.6) is 5.75 Å². The second-order valence-corrected chi connectivity index (χ2v) is 4.61. The molecule has 16 heavy (non-hydrogen) atoms. The van der Waals surface area contributed by atoms with Crippen LogP contribution in [0.3, 0.4) is 0 Å². The van der Waals surface area contributed by atoms with Crippen molar-refractivity contribution in [2.75, 3.05) is 0 Å². The summed E-state index contributed by atoms with van der Waals surface area (Å²) in [5.74, 6) is 0.869. The van der Waals surface area contributed by atoms with Gasteiger partial charge in [0.1, 0.15) is 12.4 Å².